The van der Waals surface area contributed by atoms with Crippen molar-refractivity contribution in [2.45, 2.75) is 12.6 Å². The van der Waals surface area contributed by atoms with Gasteiger partial charge in [-0.2, -0.15) is 0 Å². The number of nitrogens with one attached hydrogen (secondary N) is 1. The Morgan fingerprint density at radius 3 is 3.06 bits per heavy atom. The molecule has 0 saturated heterocycles. The second-order valence-electron chi connectivity index (χ2n) is 3.98. The predicted octanol–water partition coefficient (Wildman–Crippen LogP) is 3.31. The van der Waals surface area contributed by atoms with Crippen molar-refractivity contribution >= 4 is 5.69 Å². The maximum absolute atomic E-state index is 14.3. The second kappa shape index (κ2) is 3.67. The van der Waals surface area contributed by atoms with Crippen LogP contribution in [0.15, 0.2) is 41.2 Å². The summed E-state index contributed by atoms with van der Waals surface area (Å²) < 4.78 is 19.2. The maximum Gasteiger partial charge on any atom is 0.155 e. The molecule has 0 amide bonds. The fourth-order valence-electron chi connectivity index (χ4n) is 2.18. The molecule has 0 radical (unpaired) electrons. The number of benzene rings is 1. The van der Waals surface area contributed by atoms with Crippen LogP contribution in [0.2, 0.25) is 0 Å². The number of alkyl halides is 1. The molecule has 0 fully saturated rings. The van der Waals surface area contributed by atoms with Crippen LogP contribution >= 0.6 is 0 Å². The minimum Gasteiger partial charge on any atom is -0.472 e. The quantitative estimate of drug-likeness (QED) is 0.834. The molecule has 0 bridgehead atoms. The average molecular weight is 217 g/mol. The summed E-state index contributed by atoms with van der Waals surface area (Å²) in [5.41, 5.74) is 3.43. The summed E-state index contributed by atoms with van der Waals surface area (Å²) in [5.74, 6) is 0. The average Bonchev–Trinajstić information content (AvgIpc) is 2.98. The van der Waals surface area contributed by atoms with Gasteiger partial charge in [0.2, 0.25) is 0 Å². The number of fused-ring (bicyclic) bond motifs is 1. The summed E-state index contributed by atoms with van der Waals surface area (Å²) in [6.45, 7) is 0.893. The first-order chi connectivity index (χ1) is 7.86. The lowest BCUT2D eigenvalue weighted by molar-refractivity contribution is 0.399. The molecule has 0 aliphatic carbocycles. The third-order valence-electron chi connectivity index (χ3n) is 2.99. The summed E-state index contributed by atoms with van der Waals surface area (Å²) in [6.07, 6.45) is 2.82. The van der Waals surface area contributed by atoms with Crippen molar-refractivity contribution in [1.29, 1.82) is 0 Å². The van der Waals surface area contributed by atoms with Crippen LogP contribution in [0.3, 0.4) is 0 Å². The number of furan rings is 1. The van der Waals surface area contributed by atoms with Gasteiger partial charge in [0.25, 0.3) is 0 Å². The smallest absolute Gasteiger partial charge is 0.155 e. The molecule has 3 heteroatoms. The van der Waals surface area contributed by atoms with Gasteiger partial charge in [0.15, 0.2) is 6.17 Å². The van der Waals surface area contributed by atoms with Crippen molar-refractivity contribution in [3.05, 3.63) is 53.5 Å². The molecule has 3 rings (SSSR count). The molecular formula is C13H12FNO. The van der Waals surface area contributed by atoms with Gasteiger partial charge >= 0.3 is 0 Å². The van der Waals surface area contributed by atoms with E-state index in [2.05, 4.69) is 5.32 Å². The van der Waals surface area contributed by atoms with Crippen molar-refractivity contribution in [2.75, 3.05) is 11.9 Å². The molecule has 0 saturated carbocycles. The second-order valence-corrected chi connectivity index (χ2v) is 3.98. The predicted molar refractivity (Wildman–Crippen MR) is 60.3 cm³/mol. The zero-order chi connectivity index (χ0) is 11.0. The molecule has 1 N–H and O–H groups in total. The van der Waals surface area contributed by atoms with Crippen molar-refractivity contribution in [2.24, 2.45) is 0 Å². The molecular weight excluding hydrogens is 205 g/mol. The van der Waals surface area contributed by atoms with E-state index in [0.29, 0.717) is 11.1 Å². The van der Waals surface area contributed by atoms with Gasteiger partial charge in [0, 0.05) is 23.4 Å². The number of anilines is 1. The number of hydrogen-bond acceptors (Lipinski definition) is 2. The SMILES string of the molecule is FC(c1ccoc1)c1cccc2c1NCC2. The molecule has 2 aromatic rings. The first kappa shape index (κ1) is 9.46. The van der Waals surface area contributed by atoms with Gasteiger partial charge in [-0.25, -0.2) is 4.39 Å². The van der Waals surface area contributed by atoms with E-state index in [1.165, 1.54) is 18.1 Å². The summed E-state index contributed by atoms with van der Waals surface area (Å²) >= 11 is 0. The highest BCUT2D eigenvalue weighted by molar-refractivity contribution is 5.63. The molecule has 1 aromatic carbocycles. The molecule has 82 valence electrons. The lowest BCUT2D eigenvalue weighted by Crippen LogP contribution is -1.99. The van der Waals surface area contributed by atoms with Crippen molar-refractivity contribution in [3.63, 3.8) is 0 Å². The van der Waals surface area contributed by atoms with Crippen LogP contribution < -0.4 is 5.32 Å². The molecule has 2 nitrogen and oxygen atoms in total. The Kier molecular flexibility index (Phi) is 2.17. The molecule has 1 aromatic heterocycles. The van der Waals surface area contributed by atoms with E-state index in [-0.39, 0.29) is 0 Å². The highest BCUT2D eigenvalue weighted by atomic mass is 19.1. The van der Waals surface area contributed by atoms with Crippen LogP contribution in [0.25, 0.3) is 0 Å². The number of hydrogen-bond donors (Lipinski definition) is 1. The largest absolute Gasteiger partial charge is 0.472 e. The summed E-state index contributed by atoms with van der Waals surface area (Å²) in [6, 6.07) is 7.45. The van der Waals surface area contributed by atoms with Gasteiger partial charge < -0.3 is 9.73 Å². The Morgan fingerprint density at radius 2 is 2.25 bits per heavy atom. The van der Waals surface area contributed by atoms with Crippen molar-refractivity contribution in [3.8, 4) is 0 Å². The molecule has 1 atom stereocenters. The van der Waals surface area contributed by atoms with Gasteiger partial charge in [-0.3, -0.25) is 0 Å². The van der Waals surface area contributed by atoms with Crippen molar-refractivity contribution in [1.82, 2.24) is 0 Å². The van der Waals surface area contributed by atoms with Crippen LogP contribution in [0.4, 0.5) is 10.1 Å². The zero-order valence-electron chi connectivity index (χ0n) is 8.74. The molecule has 1 aliphatic rings. The molecule has 1 aliphatic heterocycles. The van der Waals surface area contributed by atoms with Gasteiger partial charge in [0.1, 0.15) is 0 Å². The van der Waals surface area contributed by atoms with E-state index in [1.807, 2.05) is 18.2 Å². The highest BCUT2D eigenvalue weighted by Gasteiger charge is 2.21. The third-order valence-corrected chi connectivity index (χ3v) is 2.99. The Bertz CT molecular complexity index is 493. The van der Waals surface area contributed by atoms with Crippen LogP contribution in [0, 0.1) is 0 Å². The van der Waals surface area contributed by atoms with Gasteiger partial charge in [0.05, 0.1) is 12.5 Å². The maximum atomic E-state index is 14.3. The van der Waals surface area contributed by atoms with E-state index in [1.54, 1.807) is 6.07 Å². The summed E-state index contributed by atoms with van der Waals surface area (Å²) in [4.78, 5) is 0. The minimum atomic E-state index is -1.11. The number of para-hydroxylation sites is 1. The first-order valence-corrected chi connectivity index (χ1v) is 5.38. The van der Waals surface area contributed by atoms with Crippen LogP contribution in [0.5, 0.6) is 0 Å². The lowest BCUT2D eigenvalue weighted by Gasteiger charge is -2.11. The van der Waals surface area contributed by atoms with E-state index in [0.717, 1.165) is 18.7 Å². The van der Waals surface area contributed by atoms with Crippen LogP contribution in [-0.4, -0.2) is 6.54 Å². The van der Waals surface area contributed by atoms with E-state index in [9.17, 15) is 4.39 Å². The fourth-order valence-corrected chi connectivity index (χ4v) is 2.18. The van der Waals surface area contributed by atoms with Gasteiger partial charge in [-0.05, 0) is 18.1 Å². The van der Waals surface area contributed by atoms with Crippen LogP contribution in [0.1, 0.15) is 22.9 Å². The zero-order valence-corrected chi connectivity index (χ0v) is 8.74. The Labute approximate surface area is 93.1 Å². The van der Waals surface area contributed by atoms with E-state index >= 15 is 0 Å². The monoisotopic (exact) mass is 217 g/mol. The number of rotatable bonds is 2. The standard InChI is InChI=1S/C13H12FNO/c14-12(10-5-7-16-8-10)11-3-1-2-9-4-6-15-13(9)11/h1-3,5,7-8,12,15H,4,6H2. The summed E-state index contributed by atoms with van der Waals surface area (Å²) in [5, 5.41) is 3.24. The Hall–Kier alpha value is -1.77. The van der Waals surface area contributed by atoms with Crippen LogP contribution in [-0.2, 0) is 6.42 Å². The minimum absolute atomic E-state index is 0.571. The normalized spacial score (nSPS) is 15.6. The highest BCUT2D eigenvalue weighted by Crippen LogP contribution is 2.36. The van der Waals surface area contributed by atoms with E-state index in [4.69, 9.17) is 4.42 Å². The molecule has 1 unspecified atom stereocenters. The Morgan fingerprint density at radius 1 is 1.31 bits per heavy atom. The molecule has 0 spiro atoms. The van der Waals surface area contributed by atoms with E-state index < -0.39 is 6.17 Å². The van der Waals surface area contributed by atoms with Gasteiger partial charge in [-0.1, -0.05) is 18.2 Å². The topological polar surface area (TPSA) is 25.2 Å². The number of halogens is 1. The van der Waals surface area contributed by atoms with Gasteiger partial charge in [-0.15, -0.1) is 0 Å². The first-order valence-electron chi connectivity index (χ1n) is 5.38. The Balaban J connectivity index is 2.04. The summed E-state index contributed by atoms with van der Waals surface area (Å²) in [7, 11) is 0. The lowest BCUT2D eigenvalue weighted by atomic mass is 10.0. The molecule has 16 heavy (non-hydrogen) atoms. The molecule has 2 heterocycles. The fraction of sp³-hybridized carbons (Fsp3) is 0.231. The van der Waals surface area contributed by atoms with Crippen molar-refractivity contribution < 1.29 is 8.81 Å². The third kappa shape index (κ3) is 1.40.